The summed E-state index contributed by atoms with van der Waals surface area (Å²) in [6, 6.07) is 33.5. The summed E-state index contributed by atoms with van der Waals surface area (Å²) in [5, 5.41) is 3.96. The number of rotatable bonds is 39. The van der Waals surface area contributed by atoms with Gasteiger partial charge < -0.3 is 86.3 Å². The molecule has 0 spiro atoms. The van der Waals surface area contributed by atoms with Gasteiger partial charge in [-0.25, -0.2) is 0 Å². The Labute approximate surface area is 641 Å². The van der Waals surface area contributed by atoms with Crippen molar-refractivity contribution in [1.29, 1.82) is 0 Å². The van der Waals surface area contributed by atoms with E-state index in [2.05, 4.69) is 97.8 Å². The maximum atomic E-state index is 13.2. The molecule has 1 N–H and O–H groups in total. The van der Waals surface area contributed by atoms with Gasteiger partial charge in [-0.3, -0.25) is 24.2 Å². The van der Waals surface area contributed by atoms with Crippen LogP contribution in [0.15, 0.2) is 97.1 Å². The average molecular weight is 1540 g/mol. The normalized spacial score (nSPS) is 12.0. The zero-order valence-electron chi connectivity index (χ0n) is 62.0. The summed E-state index contributed by atoms with van der Waals surface area (Å²) >= 11 is 2.99. The van der Waals surface area contributed by atoms with Gasteiger partial charge in [-0.15, -0.1) is 0 Å². The van der Waals surface area contributed by atoms with Crippen LogP contribution in [0.4, 0.5) is 0 Å². The van der Waals surface area contributed by atoms with Crippen molar-refractivity contribution < 1.29 is 142 Å². The fraction of sp³-hybridized carbons (Fsp3) is 0.635. The second-order valence-corrected chi connectivity index (χ2v) is 26.3. The molecule has 21 heteroatoms. The Bertz CT molecular complexity index is 2610. The first-order valence-electron chi connectivity index (χ1n) is 33.3. The minimum absolute atomic E-state index is 0. The molecular formula is C74H121BrIKN4O14. The van der Waals surface area contributed by atoms with Crippen LogP contribution in [0.1, 0.15) is 179 Å². The second kappa shape index (κ2) is 53.9. The summed E-state index contributed by atoms with van der Waals surface area (Å²) in [6.45, 7) is 43.0. The van der Waals surface area contributed by atoms with E-state index < -0.39 is 11.2 Å². The number of para-hydroxylation sites is 4. The Morgan fingerprint density at radius 1 is 0.495 bits per heavy atom. The Kier molecular flexibility index (Phi) is 53.3. The number of nitrogens with one attached hydrogen (secondary N) is 1. The molecule has 0 radical (unpaired) electrons. The fourth-order valence-electron chi connectivity index (χ4n) is 9.01. The molecule has 4 rings (SSSR count). The molecule has 0 saturated heterocycles. The maximum Gasteiger partial charge on any atom is 1.00 e. The Hall–Kier alpha value is -2.98. The molecule has 0 amide bonds. The molecule has 2 atom stereocenters. The van der Waals surface area contributed by atoms with Crippen LogP contribution in [0.5, 0.6) is 23.0 Å². The predicted molar refractivity (Wildman–Crippen MR) is 377 cm³/mol. The van der Waals surface area contributed by atoms with Crippen molar-refractivity contribution in [2.45, 2.75) is 224 Å². The number of hydrogen-bond donors (Lipinski definition) is 1. The van der Waals surface area contributed by atoms with Crippen molar-refractivity contribution >= 4 is 33.8 Å². The van der Waals surface area contributed by atoms with Crippen molar-refractivity contribution in [3.05, 3.63) is 119 Å². The minimum Gasteiger partial charge on any atom is -1.00 e. The Balaban J connectivity index is 0. The molecule has 0 bridgehead atoms. The molecule has 0 aliphatic carbocycles. The van der Waals surface area contributed by atoms with Crippen LogP contribution < -0.4 is 99.6 Å². The summed E-state index contributed by atoms with van der Waals surface area (Å²) in [6.07, 6.45) is 5.00. The molecule has 0 saturated carbocycles. The number of ether oxygens (including phenoxy) is 11. The number of halogens is 2. The van der Waals surface area contributed by atoms with Gasteiger partial charge in [0.15, 0.2) is 27.2 Å². The van der Waals surface area contributed by atoms with E-state index in [9.17, 15) is 14.4 Å². The number of hydrogen-bond acceptors (Lipinski definition) is 18. The predicted octanol–water partition coefficient (Wildman–Crippen LogP) is 8.99. The molecule has 0 heterocycles. The van der Waals surface area contributed by atoms with Gasteiger partial charge in [0.25, 0.3) is 0 Å². The van der Waals surface area contributed by atoms with Gasteiger partial charge in [0, 0.05) is 93.5 Å². The van der Waals surface area contributed by atoms with Crippen molar-refractivity contribution in [3.8, 4) is 23.0 Å². The number of alkyl halides is 1. The Morgan fingerprint density at radius 3 is 1.21 bits per heavy atom. The number of esters is 3. The molecule has 4 aromatic rings. The standard InChI is InChI=1S/C36H56N2O8.C25H37NO4.C7H17N.C6H11BrO2.HI.K/c1-10-30(38(25-34(40)46-36(7,8)9)22-29-18-14-16-20-32(29)44-27-42-12-3)23-37(24-33(39)45-35(4,5)6)21-28-17-13-15-19-31(28)43-26-41-11-2;1-4-23(26-18-22-13-8-10-17-25(22)30-20-28-6-3)15-11-14-21-12-7-9-16-24(21)29-19-27-5-2;1-6(2)8(5)7(3)4;1-6(2,3)9-5(8)4-7;;/h13-20,30H,10-12,21-27H2,1-9H3;7-10,12-13,16-17,23,26H,4-6,11,14-15,18-20H2,1-3H3;6-7H,1-5H3;4H2,1-3H3;1H;/q;;;;;+1/p-1. The van der Waals surface area contributed by atoms with Crippen molar-refractivity contribution in [3.63, 3.8) is 0 Å². The fourth-order valence-corrected chi connectivity index (χ4v) is 9.13. The molecule has 2 unspecified atom stereocenters. The smallest absolute Gasteiger partial charge is 1.00 e. The van der Waals surface area contributed by atoms with Gasteiger partial charge >= 0.3 is 69.3 Å². The van der Waals surface area contributed by atoms with Gasteiger partial charge in [-0.05, 0) is 187 Å². The van der Waals surface area contributed by atoms with E-state index >= 15 is 0 Å². The third-order valence-electron chi connectivity index (χ3n) is 13.9. The van der Waals surface area contributed by atoms with Crippen LogP contribution in [0.2, 0.25) is 0 Å². The third-order valence-corrected chi connectivity index (χ3v) is 14.3. The SMILES string of the molecule is CC(C)(C)OC(=O)CBr.CC(C)N(C)C(C)C.CCOCOc1ccccc1CCCC(CC)NCc1ccccc1OCOCC.CCOCOc1ccccc1CN(CC(=O)OC(C)(C)C)CC(CC)N(CC(=O)OC(C)(C)C)Cc1ccccc1OCOCC.[I-].[K+]. The van der Waals surface area contributed by atoms with Crippen molar-refractivity contribution in [2.24, 2.45) is 0 Å². The number of nitrogens with zero attached hydrogens (tertiary/aromatic N) is 3. The van der Waals surface area contributed by atoms with Crippen LogP contribution in [0, 0.1) is 0 Å². The molecule has 536 valence electrons. The van der Waals surface area contributed by atoms with E-state index in [1.54, 1.807) is 0 Å². The van der Waals surface area contributed by atoms with Gasteiger partial charge in [0.1, 0.15) is 45.1 Å². The number of carbonyl (C=O) groups is 3. The number of aryl methyl sites for hydroxylation is 1. The monoisotopic (exact) mass is 1530 g/mol. The van der Waals surface area contributed by atoms with Gasteiger partial charge in [-0.1, -0.05) is 103 Å². The molecule has 0 fully saturated rings. The van der Waals surface area contributed by atoms with E-state index in [1.807, 2.05) is 174 Å². The summed E-state index contributed by atoms with van der Waals surface area (Å²) in [4.78, 5) is 43.4. The molecule has 0 aliphatic heterocycles. The second-order valence-electron chi connectivity index (χ2n) is 25.7. The van der Waals surface area contributed by atoms with E-state index in [4.69, 9.17) is 52.1 Å². The summed E-state index contributed by atoms with van der Waals surface area (Å²) < 4.78 is 61.2. The summed E-state index contributed by atoms with van der Waals surface area (Å²) in [5.74, 6) is 2.30. The van der Waals surface area contributed by atoms with E-state index in [-0.39, 0.29) is 144 Å². The summed E-state index contributed by atoms with van der Waals surface area (Å²) in [5.41, 5.74) is 2.61. The first kappa shape index (κ1) is 94.1. The van der Waals surface area contributed by atoms with Gasteiger partial charge in [-0.2, -0.15) is 0 Å². The molecule has 95 heavy (non-hydrogen) atoms. The van der Waals surface area contributed by atoms with Crippen LogP contribution >= 0.6 is 15.9 Å². The first-order valence-corrected chi connectivity index (χ1v) is 34.4. The molecule has 4 aromatic carbocycles. The third kappa shape index (κ3) is 46.1. The van der Waals surface area contributed by atoms with Crippen LogP contribution in [0.3, 0.4) is 0 Å². The number of benzene rings is 4. The number of carbonyl (C=O) groups excluding carboxylic acids is 3. The summed E-state index contributed by atoms with van der Waals surface area (Å²) in [7, 11) is 2.15. The zero-order chi connectivity index (χ0) is 69.8. The zero-order valence-corrected chi connectivity index (χ0v) is 68.9. The van der Waals surface area contributed by atoms with E-state index in [0.717, 1.165) is 60.4 Å². The van der Waals surface area contributed by atoms with Gasteiger partial charge in [0.2, 0.25) is 0 Å². The van der Waals surface area contributed by atoms with Crippen LogP contribution in [0.25, 0.3) is 0 Å². The van der Waals surface area contributed by atoms with Crippen LogP contribution in [-0.4, -0.2) is 159 Å². The van der Waals surface area contributed by atoms with Crippen molar-refractivity contribution in [2.75, 3.05) is 85.6 Å². The molecule has 0 aliphatic rings. The molecule has 0 aromatic heterocycles. The largest absolute Gasteiger partial charge is 1.00 e. The minimum atomic E-state index is -0.628. The van der Waals surface area contributed by atoms with E-state index in [1.165, 1.54) is 5.56 Å². The maximum absolute atomic E-state index is 13.2. The molecular weight excluding hydrogens is 1410 g/mol. The average Bonchev–Trinajstić information content (AvgIpc) is 0.880. The first-order chi connectivity index (χ1) is 44.0. The van der Waals surface area contributed by atoms with Crippen molar-refractivity contribution in [1.82, 2.24) is 20.0 Å². The Morgan fingerprint density at radius 2 is 0.853 bits per heavy atom. The quantitative estimate of drug-likeness (QED) is 0.00852. The topological polar surface area (TPSA) is 174 Å². The van der Waals surface area contributed by atoms with E-state index in [0.29, 0.717) is 88.9 Å². The van der Waals surface area contributed by atoms with Crippen LogP contribution in [-0.2, 0) is 73.6 Å². The van der Waals surface area contributed by atoms with Gasteiger partial charge in [0.05, 0.1) is 13.1 Å². The molecule has 18 nitrogen and oxygen atoms in total.